The third kappa shape index (κ3) is 0.723. The second-order valence-corrected chi connectivity index (χ2v) is 5.26. The van der Waals surface area contributed by atoms with Gasteiger partial charge in [0.15, 0.2) is 0 Å². The molecular formula is C11H18O2. The summed E-state index contributed by atoms with van der Waals surface area (Å²) in [6, 6.07) is 0. The monoisotopic (exact) mass is 182 g/mol. The van der Waals surface area contributed by atoms with Gasteiger partial charge < -0.3 is 4.74 Å². The van der Waals surface area contributed by atoms with Crippen LogP contribution < -0.4 is 0 Å². The standard InChI is InChI=1S/C11H18O2/c1-9(2)10(3)5-6-11(9,13-4)7-8(10)12/h5-7H2,1-4H3. The maximum absolute atomic E-state index is 11.9. The molecule has 2 saturated carbocycles. The van der Waals surface area contributed by atoms with E-state index in [-0.39, 0.29) is 16.4 Å². The summed E-state index contributed by atoms with van der Waals surface area (Å²) in [6.45, 7) is 6.45. The minimum atomic E-state index is -0.168. The fourth-order valence-corrected chi connectivity index (χ4v) is 3.26. The van der Waals surface area contributed by atoms with Crippen LogP contribution in [0.4, 0.5) is 0 Å². The van der Waals surface area contributed by atoms with Crippen LogP contribution in [0.15, 0.2) is 0 Å². The quantitative estimate of drug-likeness (QED) is 0.621. The van der Waals surface area contributed by atoms with Crippen LogP contribution in [0.2, 0.25) is 0 Å². The number of ketones is 1. The Morgan fingerprint density at radius 1 is 1.23 bits per heavy atom. The minimum absolute atomic E-state index is 0.00579. The molecule has 0 aromatic rings. The van der Waals surface area contributed by atoms with E-state index in [0.717, 1.165) is 12.8 Å². The summed E-state index contributed by atoms with van der Waals surface area (Å²) < 4.78 is 5.62. The zero-order chi connectivity index (χ0) is 9.91. The number of ether oxygens (including phenoxy) is 1. The van der Waals surface area contributed by atoms with E-state index in [1.54, 1.807) is 7.11 Å². The van der Waals surface area contributed by atoms with E-state index in [2.05, 4.69) is 20.8 Å². The molecule has 0 aliphatic heterocycles. The van der Waals surface area contributed by atoms with E-state index in [1.807, 2.05) is 0 Å². The molecule has 2 aliphatic rings. The Morgan fingerprint density at radius 3 is 2.08 bits per heavy atom. The van der Waals surface area contributed by atoms with Gasteiger partial charge in [-0.25, -0.2) is 0 Å². The van der Waals surface area contributed by atoms with Gasteiger partial charge in [0.05, 0.1) is 5.60 Å². The average molecular weight is 182 g/mol. The Hall–Kier alpha value is -0.370. The molecule has 74 valence electrons. The predicted molar refractivity (Wildman–Crippen MR) is 50.5 cm³/mol. The zero-order valence-corrected chi connectivity index (χ0v) is 8.94. The maximum Gasteiger partial charge on any atom is 0.142 e. The van der Waals surface area contributed by atoms with E-state index in [0.29, 0.717) is 12.2 Å². The van der Waals surface area contributed by atoms with Gasteiger partial charge in [-0.05, 0) is 12.8 Å². The number of carbonyl (C=O) groups is 1. The Labute approximate surface area is 79.7 Å². The van der Waals surface area contributed by atoms with Gasteiger partial charge in [0.1, 0.15) is 5.78 Å². The van der Waals surface area contributed by atoms with Crippen molar-refractivity contribution >= 4 is 5.78 Å². The first kappa shape index (κ1) is 9.20. The van der Waals surface area contributed by atoms with E-state index in [1.165, 1.54) is 0 Å². The van der Waals surface area contributed by atoms with Gasteiger partial charge in [-0.2, -0.15) is 0 Å². The van der Waals surface area contributed by atoms with Crippen molar-refractivity contribution in [2.45, 2.75) is 45.6 Å². The van der Waals surface area contributed by atoms with E-state index in [4.69, 9.17) is 4.74 Å². The zero-order valence-electron chi connectivity index (χ0n) is 8.94. The lowest BCUT2D eigenvalue weighted by Gasteiger charge is -2.38. The second kappa shape index (κ2) is 2.17. The fourth-order valence-electron chi connectivity index (χ4n) is 3.26. The predicted octanol–water partition coefficient (Wildman–Crippen LogP) is 2.17. The lowest BCUT2D eigenvalue weighted by atomic mass is 9.69. The molecule has 2 nitrogen and oxygen atoms in total. The van der Waals surface area contributed by atoms with Crippen LogP contribution in [0.5, 0.6) is 0 Å². The third-order valence-electron chi connectivity index (χ3n) is 5.00. The average Bonchev–Trinajstić information content (AvgIpc) is 2.34. The van der Waals surface area contributed by atoms with Crippen molar-refractivity contribution in [1.29, 1.82) is 0 Å². The van der Waals surface area contributed by atoms with Crippen molar-refractivity contribution in [3.63, 3.8) is 0 Å². The van der Waals surface area contributed by atoms with Crippen molar-refractivity contribution in [3.05, 3.63) is 0 Å². The molecule has 2 heteroatoms. The smallest absolute Gasteiger partial charge is 0.142 e. The summed E-state index contributed by atoms with van der Waals surface area (Å²) in [5, 5.41) is 0. The summed E-state index contributed by atoms with van der Waals surface area (Å²) in [5.74, 6) is 0.394. The summed E-state index contributed by atoms with van der Waals surface area (Å²) in [7, 11) is 1.74. The number of Topliss-reactive ketones (excluding diaryl/α,β-unsaturated/α-hetero) is 1. The van der Waals surface area contributed by atoms with E-state index < -0.39 is 0 Å². The number of rotatable bonds is 1. The van der Waals surface area contributed by atoms with Crippen LogP contribution in [0.25, 0.3) is 0 Å². The SMILES string of the molecule is COC12CCC(C)(C(=O)C1)C2(C)C. The summed E-state index contributed by atoms with van der Waals surface area (Å²) in [5.41, 5.74) is -0.298. The van der Waals surface area contributed by atoms with Gasteiger partial charge in [-0.1, -0.05) is 20.8 Å². The molecule has 0 aromatic carbocycles. The molecule has 0 amide bonds. The normalized spacial score (nSPS) is 47.2. The molecule has 0 aromatic heterocycles. The molecule has 2 rings (SSSR count). The number of hydrogen-bond acceptors (Lipinski definition) is 2. The van der Waals surface area contributed by atoms with E-state index in [9.17, 15) is 4.79 Å². The first-order valence-electron chi connectivity index (χ1n) is 4.98. The Balaban J connectivity index is 2.53. The number of hydrogen-bond donors (Lipinski definition) is 0. The van der Waals surface area contributed by atoms with Crippen LogP contribution in [0.3, 0.4) is 0 Å². The highest BCUT2D eigenvalue weighted by Crippen LogP contribution is 2.66. The molecule has 0 heterocycles. The maximum atomic E-state index is 11.9. The molecule has 2 bridgehead atoms. The first-order valence-corrected chi connectivity index (χ1v) is 4.98. The first-order chi connectivity index (χ1) is 5.90. The molecule has 13 heavy (non-hydrogen) atoms. The van der Waals surface area contributed by atoms with Crippen molar-refractivity contribution in [2.24, 2.45) is 10.8 Å². The summed E-state index contributed by atoms with van der Waals surface area (Å²) >= 11 is 0. The van der Waals surface area contributed by atoms with Crippen LogP contribution >= 0.6 is 0 Å². The van der Waals surface area contributed by atoms with Gasteiger partial charge in [0, 0.05) is 24.4 Å². The fraction of sp³-hybridized carbons (Fsp3) is 0.909. The van der Waals surface area contributed by atoms with Crippen molar-refractivity contribution in [3.8, 4) is 0 Å². The van der Waals surface area contributed by atoms with Gasteiger partial charge in [0.25, 0.3) is 0 Å². The van der Waals surface area contributed by atoms with Crippen LogP contribution in [0, 0.1) is 10.8 Å². The lowest BCUT2D eigenvalue weighted by molar-refractivity contribution is -0.128. The Kier molecular flexibility index (Phi) is 1.53. The highest BCUT2D eigenvalue weighted by atomic mass is 16.5. The topological polar surface area (TPSA) is 26.3 Å². The molecule has 0 radical (unpaired) electrons. The molecule has 0 N–H and O–H groups in total. The molecular weight excluding hydrogens is 164 g/mol. The van der Waals surface area contributed by atoms with E-state index >= 15 is 0 Å². The molecule has 2 atom stereocenters. The Morgan fingerprint density at radius 2 is 1.85 bits per heavy atom. The summed E-state index contributed by atoms with van der Waals surface area (Å²) in [4.78, 5) is 11.9. The van der Waals surface area contributed by atoms with Crippen molar-refractivity contribution < 1.29 is 9.53 Å². The molecule has 2 unspecified atom stereocenters. The van der Waals surface area contributed by atoms with Gasteiger partial charge in [-0.15, -0.1) is 0 Å². The van der Waals surface area contributed by atoms with Crippen molar-refractivity contribution in [2.75, 3.05) is 7.11 Å². The molecule has 0 spiro atoms. The van der Waals surface area contributed by atoms with Crippen LogP contribution in [0.1, 0.15) is 40.0 Å². The molecule has 2 aliphatic carbocycles. The second-order valence-electron chi connectivity index (χ2n) is 5.26. The lowest BCUT2D eigenvalue weighted by Crippen LogP contribution is -2.41. The highest BCUT2D eigenvalue weighted by Gasteiger charge is 2.70. The number of carbonyl (C=O) groups excluding carboxylic acids is 1. The third-order valence-corrected chi connectivity index (χ3v) is 5.00. The van der Waals surface area contributed by atoms with Gasteiger partial charge in [0.2, 0.25) is 0 Å². The van der Waals surface area contributed by atoms with Crippen molar-refractivity contribution in [1.82, 2.24) is 0 Å². The highest BCUT2D eigenvalue weighted by molar-refractivity contribution is 5.90. The van der Waals surface area contributed by atoms with Gasteiger partial charge in [-0.3, -0.25) is 4.79 Å². The van der Waals surface area contributed by atoms with Crippen LogP contribution in [-0.4, -0.2) is 18.5 Å². The Bertz CT molecular complexity index is 269. The largest absolute Gasteiger partial charge is 0.377 e. The molecule has 2 fully saturated rings. The van der Waals surface area contributed by atoms with Crippen LogP contribution in [-0.2, 0) is 9.53 Å². The van der Waals surface area contributed by atoms with Gasteiger partial charge >= 0.3 is 0 Å². The number of fused-ring (bicyclic) bond motifs is 2. The minimum Gasteiger partial charge on any atom is -0.377 e. The molecule has 0 saturated heterocycles. The number of methoxy groups -OCH3 is 1. The summed E-state index contributed by atoms with van der Waals surface area (Å²) in [6.07, 6.45) is 2.65.